The van der Waals surface area contributed by atoms with Gasteiger partial charge in [-0.3, -0.25) is 4.79 Å². The van der Waals surface area contributed by atoms with Gasteiger partial charge in [-0.05, 0) is 36.4 Å². The molecule has 1 amide bonds. The van der Waals surface area contributed by atoms with Crippen molar-refractivity contribution in [2.24, 2.45) is 0 Å². The molecule has 0 atom stereocenters. The number of hydrogen-bond acceptors (Lipinski definition) is 6. The summed E-state index contributed by atoms with van der Waals surface area (Å²) in [4.78, 5) is 17.9. The van der Waals surface area contributed by atoms with Gasteiger partial charge in [0.2, 0.25) is 5.75 Å². The van der Waals surface area contributed by atoms with E-state index in [0.29, 0.717) is 28.5 Å². The van der Waals surface area contributed by atoms with E-state index in [2.05, 4.69) is 10.3 Å². The van der Waals surface area contributed by atoms with Gasteiger partial charge in [-0.25, -0.2) is 4.98 Å². The van der Waals surface area contributed by atoms with Crippen LogP contribution in [0.4, 0.5) is 5.69 Å². The highest BCUT2D eigenvalue weighted by atomic mass is 32.2. The van der Waals surface area contributed by atoms with Crippen LogP contribution in [0.2, 0.25) is 0 Å². The van der Waals surface area contributed by atoms with Gasteiger partial charge in [0.25, 0.3) is 5.91 Å². The third-order valence-corrected chi connectivity index (χ3v) is 4.86. The van der Waals surface area contributed by atoms with Gasteiger partial charge in [-0.15, -0.1) is 0 Å². The standard InChI is InChI=1S/C21H20N2O4S/c1-25-17-12-15(13-18(26-2)20(17)27-3)23-21(24)14-7-9-16(10-8-14)28-19-6-4-5-11-22-19/h4-13H,1-3H3,(H,23,24). The first kappa shape index (κ1) is 19.6. The Kier molecular flexibility index (Phi) is 6.39. The fraction of sp³-hybridized carbons (Fsp3) is 0.143. The van der Waals surface area contributed by atoms with Crippen LogP contribution in [0.15, 0.2) is 70.7 Å². The quantitative estimate of drug-likeness (QED) is 0.634. The molecule has 6 nitrogen and oxygen atoms in total. The molecule has 144 valence electrons. The number of methoxy groups -OCH3 is 3. The van der Waals surface area contributed by atoms with Crippen LogP contribution in [0.3, 0.4) is 0 Å². The number of aromatic nitrogens is 1. The Bertz CT molecular complexity index is 921. The lowest BCUT2D eigenvalue weighted by Gasteiger charge is -2.14. The largest absolute Gasteiger partial charge is 0.493 e. The molecule has 1 heterocycles. The molecule has 0 aliphatic carbocycles. The van der Waals surface area contributed by atoms with Gasteiger partial charge in [-0.1, -0.05) is 17.8 Å². The molecule has 0 fully saturated rings. The predicted molar refractivity (Wildman–Crippen MR) is 109 cm³/mol. The van der Waals surface area contributed by atoms with Crippen LogP contribution in [-0.4, -0.2) is 32.2 Å². The summed E-state index contributed by atoms with van der Waals surface area (Å²) in [5.74, 6) is 1.18. The lowest BCUT2D eigenvalue weighted by atomic mass is 10.2. The zero-order valence-corrected chi connectivity index (χ0v) is 16.6. The first-order chi connectivity index (χ1) is 13.6. The zero-order chi connectivity index (χ0) is 19.9. The monoisotopic (exact) mass is 396 g/mol. The number of anilines is 1. The van der Waals surface area contributed by atoms with Gasteiger partial charge in [0.1, 0.15) is 5.03 Å². The van der Waals surface area contributed by atoms with Gasteiger partial charge in [0.15, 0.2) is 11.5 Å². The number of pyridine rings is 1. The van der Waals surface area contributed by atoms with Crippen molar-refractivity contribution in [2.45, 2.75) is 9.92 Å². The summed E-state index contributed by atoms with van der Waals surface area (Å²) >= 11 is 1.54. The molecule has 0 radical (unpaired) electrons. The lowest BCUT2D eigenvalue weighted by molar-refractivity contribution is 0.102. The second-order valence-corrected chi connectivity index (χ2v) is 6.76. The highest BCUT2D eigenvalue weighted by Crippen LogP contribution is 2.40. The molecular formula is C21H20N2O4S. The number of hydrogen-bond donors (Lipinski definition) is 1. The maximum atomic E-state index is 12.6. The molecule has 0 saturated heterocycles. The van der Waals surface area contributed by atoms with E-state index >= 15 is 0 Å². The van der Waals surface area contributed by atoms with Crippen LogP contribution in [0.5, 0.6) is 17.2 Å². The number of ether oxygens (including phenoxy) is 3. The van der Waals surface area contributed by atoms with Crippen LogP contribution in [0.1, 0.15) is 10.4 Å². The van der Waals surface area contributed by atoms with Crippen molar-refractivity contribution in [1.82, 2.24) is 4.98 Å². The third-order valence-electron chi connectivity index (χ3n) is 3.90. The number of amides is 1. The van der Waals surface area contributed by atoms with Crippen LogP contribution >= 0.6 is 11.8 Å². The highest BCUT2D eigenvalue weighted by Gasteiger charge is 2.15. The van der Waals surface area contributed by atoms with Crippen molar-refractivity contribution in [1.29, 1.82) is 0 Å². The molecule has 0 saturated carbocycles. The minimum atomic E-state index is -0.233. The average Bonchev–Trinajstić information content (AvgIpc) is 2.74. The number of nitrogens with zero attached hydrogens (tertiary/aromatic N) is 1. The summed E-state index contributed by atoms with van der Waals surface area (Å²) < 4.78 is 15.9. The van der Waals surface area contributed by atoms with E-state index in [-0.39, 0.29) is 5.91 Å². The molecule has 28 heavy (non-hydrogen) atoms. The number of carbonyl (C=O) groups excluding carboxylic acids is 1. The average molecular weight is 396 g/mol. The molecule has 3 rings (SSSR count). The van der Waals surface area contributed by atoms with Crippen molar-refractivity contribution >= 4 is 23.4 Å². The molecule has 0 bridgehead atoms. The smallest absolute Gasteiger partial charge is 0.255 e. The van der Waals surface area contributed by atoms with Gasteiger partial charge < -0.3 is 19.5 Å². The first-order valence-corrected chi connectivity index (χ1v) is 9.26. The van der Waals surface area contributed by atoms with Crippen molar-refractivity contribution in [3.63, 3.8) is 0 Å². The molecule has 0 spiro atoms. The van der Waals surface area contributed by atoms with Crippen LogP contribution in [-0.2, 0) is 0 Å². The Morgan fingerprint density at radius 1 is 0.929 bits per heavy atom. The fourth-order valence-electron chi connectivity index (χ4n) is 2.56. The van der Waals surface area contributed by atoms with E-state index in [1.165, 1.54) is 33.1 Å². The van der Waals surface area contributed by atoms with E-state index < -0.39 is 0 Å². The summed E-state index contributed by atoms with van der Waals surface area (Å²) in [6.07, 6.45) is 1.75. The molecular weight excluding hydrogens is 376 g/mol. The van der Waals surface area contributed by atoms with E-state index in [4.69, 9.17) is 14.2 Å². The third kappa shape index (κ3) is 4.55. The Labute approximate surface area is 167 Å². The predicted octanol–water partition coefficient (Wildman–Crippen LogP) is 4.51. The van der Waals surface area contributed by atoms with Gasteiger partial charge >= 0.3 is 0 Å². The lowest BCUT2D eigenvalue weighted by Crippen LogP contribution is -2.12. The number of benzene rings is 2. The van der Waals surface area contributed by atoms with Gasteiger partial charge in [0, 0.05) is 34.5 Å². The minimum Gasteiger partial charge on any atom is -0.493 e. The van der Waals surface area contributed by atoms with Crippen molar-refractivity contribution in [3.05, 3.63) is 66.4 Å². The minimum absolute atomic E-state index is 0.233. The zero-order valence-electron chi connectivity index (χ0n) is 15.8. The van der Waals surface area contributed by atoms with Crippen LogP contribution < -0.4 is 19.5 Å². The second-order valence-electron chi connectivity index (χ2n) is 5.66. The van der Waals surface area contributed by atoms with Crippen molar-refractivity contribution < 1.29 is 19.0 Å². The van der Waals surface area contributed by atoms with Crippen LogP contribution in [0, 0.1) is 0 Å². The van der Waals surface area contributed by atoms with Crippen molar-refractivity contribution in [2.75, 3.05) is 26.6 Å². The van der Waals surface area contributed by atoms with Gasteiger partial charge in [0.05, 0.1) is 21.3 Å². The molecule has 0 unspecified atom stereocenters. The Morgan fingerprint density at radius 3 is 2.14 bits per heavy atom. The Hall–Kier alpha value is -3.19. The first-order valence-electron chi connectivity index (χ1n) is 8.45. The SMILES string of the molecule is COc1cc(NC(=O)c2ccc(Sc3ccccn3)cc2)cc(OC)c1OC. The van der Waals surface area contributed by atoms with E-state index in [1.807, 2.05) is 30.3 Å². The summed E-state index contributed by atoms with van der Waals surface area (Å²) in [7, 11) is 4.59. The second kappa shape index (κ2) is 9.14. The molecule has 2 aromatic carbocycles. The molecule has 7 heteroatoms. The topological polar surface area (TPSA) is 69.7 Å². The molecule has 1 aromatic heterocycles. The van der Waals surface area contributed by atoms with E-state index in [0.717, 1.165) is 9.92 Å². The summed E-state index contributed by atoms with van der Waals surface area (Å²) in [6, 6.07) is 16.5. The van der Waals surface area contributed by atoms with Crippen LogP contribution in [0.25, 0.3) is 0 Å². The number of nitrogens with one attached hydrogen (secondary N) is 1. The maximum Gasteiger partial charge on any atom is 0.255 e. The van der Waals surface area contributed by atoms with Crippen molar-refractivity contribution in [3.8, 4) is 17.2 Å². The summed E-state index contributed by atoms with van der Waals surface area (Å²) in [5.41, 5.74) is 1.09. The number of rotatable bonds is 7. The molecule has 3 aromatic rings. The van der Waals surface area contributed by atoms with E-state index in [9.17, 15) is 4.79 Å². The highest BCUT2D eigenvalue weighted by molar-refractivity contribution is 7.99. The summed E-state index contributed by atoms with van der Waals surface area (Å²) in [5, 5.41) is 3.75. The number of carbonyl (C=O) groups is 1. The van der Waals surface area contributed by atoms with E-state index in [1.54, 1.807) is 30.5 Å². The molecule has 0 aliphatic heterocycles. The summed E-state index contributed by atoms with van der Waals surface area (Å²) in [6.45, 7) is 0. The van der Waals surface area contributed by atoms with Gasteiger partial charge in [-0.2, -0.15) is 0 Å². The molecule has 1 N–H and O–H groups in total. The fourth-order valence-corrected chi connectivity index (χ4v) is 3.33. The Morgan fingerprint density at radius 2 is 1.61 bits per heavy atom. The maximum absolute atomic E-state index is 12.6. The Balaban J connectivity index is 1.74. The normalized spacial score (nSPS) is 10.2. The molecule has 0 aliphatic rings.